The van der Waals surface area contributed by atoms with Crippen molar-refractivity contribution in [2.75, 3.05) is 6.61 Å². The van der Waals surface area contributed by atoms with Crippen LogP contribution in [0.1, 0.15) is 6.42 Å². The second-order valence-corrected chi connectivity index (χ2v) is 4.19. The summed E-state index contributed by atoms with van der Waals surface area (Å²) in [6.45, 7) is -1.18. The highest BCUT2D eigenvalue weighted by molar-refractivity contribution is 5.20. The topological polar surface area (TPSA) is 9.23 Å². The molecule has 0 aliphatic rings. The maximum atomic E-state index is 13.1. The second-order valence-electron chi connectivity index (χ2n) is 4.19. The molecule has 125 valence electrons. The largest absolute Gasteiger partial charge is 0.493 e. The van der Waals surface area contributed by atoms with Gasteiger partial charge in [-0.3, -0.25) is 0 Å². The number of benzene rings is 1. The number of ether oxygens (including phenoxy) is 1. The minimum Gasteiger partial charge on any atom is -0.493 e. The second kappa shape index (κ2) is 5.88. The molecule has 0 aliphatic carbocycles. The lowest BCUT2D eigenvalue weighted by Crippen LogP contribution is -2.61. The Morgan fingerprint density at radius 1 is 0.818 bits per heavy atom. The van der Waals surface area contributed by atoms with Crippen molar-refractivity contribution >= 4 is 0 Å². The first-order valence-electron chi connectivity index (χ1n) is 5.62. The van der Waals surface area contributed by atoms with Crippen LogP contribution in [0, 0.1) is 6.07 Å². The molecule has 1 rings (SSSR count). The van der Waals surface area contributed by atoms with E-state index in [2.05, 4.69) is 10.8 Å². The zero-order chi connectivity index (χ0) is 17.2. The molecule has 0 spiro atoms. The van der Waals surface area contributed by atoms with Gasteiger partial charge in [0.05, 0.1) is 13.0 Å². The summed E-state index contributed by atoms with van der Waals surface area (Å²) >= 11 is 0. The molecule has 0 saturated carbocycles. The fourth-order valence-electron chi connectivity index (χ4n) is 1.33. The molecule has 0 fully saturated rings. The molecule has 1 aromatic rings. The molecule has 22 heavy (non-hydrogen) atoms. The Hall–Kier alpha value is -1.61. The minimum absolute atomic E-state index is 0.0551. The van der Waals surface area contributed by atoms with Crippen LogP contribution in [0.5, 0.6) is 5.75 Å². The average molecular weight is 339 g/mol. The van der Waals surface area contributed by atoms with Crippen LogP contribution in [-0.2, 0) is 0 Å². The number of halogens is 9. The van der Waals surface area contributed by atoms with Gasteiger partial charge in [-0.2, -0.15) is 39.5 Å². The van der Waals surface area contributed by atoms with Gasteiger partial charge in [-0.05, 0) is 18.2 Å². The van der Waals surface area contributed by atoms with Crippen molar-refractivity contribution in [3.8, 4) is 5.75 Å². The Balaban J connectivity index is 2.79. The van der Waals surface area contributed by atoms with Crippen molar-refractivity contribution in [3.63, 3.8) is 0 Å². The molecule has 1 nitrogen and oxygen atoms in total. The van der Waals surface area contributed by atoms with Crippen LogP contribution in [-0.4, -0.2) is 30.6 Å². The minimum atomic E-state index is -6.87. The predicted octanol–water partition coefficient (Wildman–Crippen LogP) is 4.72. The molecule has 0 N–H and O–H groups in total. The van der Waals surface area contributed by atoms with E-state index in [-0.39, 0.29) is 5.75 Å². The summed E-state index contributed by atoms with van der Waals surface area (Å²) < 4.78 is 117. The van der Waals surface area contributed by atoms with Gasteiger partial charge < -0.3 is 4.74 Å². The highest BCUT2D eigenvalue weighted by Gasteiger charge is 2.81. The first kappa shape index (κ1) is 18.4. The summed E-state index contributed by atoms with van der Waals surface area (Å²) in [5, 5.41) is 0. The van der Waals surface area contributed by atoms with E-state index in [1.165, 1.54) is 24.3 Å². The van der Waals surface area contributed by atoms with Gasteiger partial charge in [0.25, 0.3) is 0 Å². The maximum absolute atomic E-state index is 13.1. The van der Waals surface area contributed by atoms with Crippen molar-refractivity contribution in [3.05, 3.63) is 30.3 Å². The Kier molecular flexibility index (Phi) is 4.93. The van der Waals surface area contributed by atoms with E-state index in [0.717, 1.165) is 0 Å². The lowest BCUT2D eigenvalue weighted by Gasteiger charge is -2.33. The van der Waals surface area contributed by atoms with Gasteiger partial charge in [0.15, 0.2) is 0 Å². The van der Waals surface area contributed by atoms with Crippen molar-refractivity contribution in [1.82, 2.24) is 0 Å². The fourth-order valence-corrected chi connectivity index (χ4v) is 1.33. The van der Waals surface area contributed by atoms with E-state index in [0.29, 0.717) is 0 Å². The van der Waals surface area contributed by atoms with Crippen molar-refractivity contribution < 1.29 is 44.3 Å². The zero-order valence-electron chi connectivity index (χ0n) is 10.5. The van der Waals surface area contributed by atoms with Gasteiger partial charge in [-0.1, -0.05) is 12.1 Å². The van der Waals surface area contributed by atoms with Gasteiger partial charge in [-0.25, -0.2) is 0 Å². The number of alkyl halides is 9. The maximum Gasteiger partial charge on any atom is 0.460 e. The van der Waals surface area contributed by atoms with Gasteiger partial charge in [-0.15, -0.1) is 0 Å². The summed E-state index contributed by atoms with van der Waals surface area (Å²) in [5.41, 5.74) is 0. The highest BCUT2D eigenvalue weighted by Crippen LogP contribution is 2.53. The molecular weight excluding hydrogens is 331 g/mol. The summed E-state index contributed by atoms with van der Waals surface area (Å²) in [7, 11) is 0. The van der Waals surface area contributed by atoms with E-state index in [4.69, 9.17) is 0 Å². The molecule has 0 bridgehead atoms. The smallest absolute Gasteiger partial charge is 0.460 e. The van der Waals surface area contributed by atoms with Gasteiger partial charge >= 0.3 is 23.9 Å². The lowest BCUT2D eigenvalue weighted by molar-refractivity contribution is -0.397. The standard InChI is InChI=1S/C12H8F9O/c13-9(14,6-7-22-8-4-2-1-3-5-8)10(15,16)11(17,18)12(19,20)21/h2-5H,6-7H2. The van der Waals surface area contributed by atoms with Crippen LogP contribution < -0.4 is 4.74 Å². The van der Waals surface area contributed by atoms with E-state index >= 15 is 0 Å². The normalized spacial score (nSPS) is 14.0. The molecule has 0 unspecified atom stereocenters. The van der Waals surface area contributed by atoms with Crippen LogP contribution in [0.25, 0.3) is 0 Å². The van der Waals surface area contributed by atoms with Crippen molar-refractivity contribution in [1.29, 1.82) is 0 Å². The Bertz CT molecular complexity index is 481. The molecule has 0 heterocycles. The number of rotatable bonds is 6. The molecular formula is C12H8F9O. The molecule has 0 amide bonds. The van der Waals surface area contributed by atoms with Crippen LogP contribution in [0.2, 0.25) is 0 Å². The van der Waals surface area contributed by atoms with Crippen LogP contribution in [0.3, 0.4) is 0 Å². The summed E-state index contributed by atoms with van der Waals surface area (Å²) in [6.07, 6.45) is -8.83. The third-order valence-corrected chi connectivity index (χ3v) is 2.58. The third-order valence-electron chi connectivity index (χ3n) is 2.58. The molecule has 0 aromatic heterocycles. The first-order valence-corrected chi connectivity index (χ1v) is 5.62. The molecule has 10 heteroatoms. The fraction of sp³-hybridized carbons (Fsp3) is 0.500. The molecule has 1 aromatic carbocycles. The first-order chi connectivity index (χ1) is 9.83. The van der Waals surface area contributed by atoms with Crippen LogP contribution in [0.4, 0.5) is 39.5 Å². The van der Waals surface area contributed by atoms with E-state index in [9.17, 15) is 39.5 Å². The van der Waals surface area contributed by atoms with Gasteiger partial charge in [0.2, 0.25) is 0 Å². The molecule has 0 aliphatic heterocycles. The zero-order valence-corrected chi connectivity index (χ0v) is 10.5. The van der Waals surface area contributed by atoms with Gasteiger partial charge in [0, 0.05) is 0 Å². The molecule has 0 atom stereocenters. The molecule has 0 saturated heterocycles. The molecule has 1 radical (unpaired) electrons. The summed E-state index contributed by atoms with van der Waals surface area (Å²) in [5.74, 6) is -19.1. The van der Waals surface area contributed by atoms with E-state index in [1.54, 1.807) is 0 Å². The summed E-state index contributed by atoms with van der Waals surface area (Å²) in [4.78, 5) is 0. The van der Waals surface area contributed by atoms with Crippen LogP contribution in [0.15, 0.2) is 24.3 Å². The Labute approximate surface area is 118 Å². The lowest BCUT2D eigenvalue weighted by atomic mass is 10.0. The Morgan fingerprint density at radius 3 is 1.77 bits per heavy atom. The Morgan fingerprint density at radius 2 is 1.32 bits per heavy atom. The monoisotopic (exact) mass is 339 g/mol. The van der Waals surface area contributed by atoms with Crippen molar-refractivity contribution in [2.45, 2.75) is 30.4 Å². The average Bonchev–Trinajstić information content (AvgIpc) is 2.38. The SMILES string of the molecule is FC(F)(F)C(F)(F)C(F)(F)C(F)(F)CCOc1cc[c]cc1. The highest BCUT2D eigenvalue weighted by atomic mass is 19.4. The van der Waals surface area contributed by atoms with E-state index < -0.39 is 37.0 Å². The third kappa shape index (κ3) is 3.41. The predicted molar refractivity (Wildman–Crippen MR) is 56.3 cm³/mol. The number of hydrogen-bond acceptors (Lipinski definition) is 1. The number of hydrogen-bond donors (Lipinski definition) is 0. The van der Waals surface area contributed by atoms with Crippen LogP contribution >= 0.6 is 0 Å². The van der Waals surface area contributed by atoms with E-state index in [1.807, 2.05) is 0 Å². The quantitative estimate of drug-likeness (QED) is 0.681. The van der Waals surface area contributed by atoms with Gasteiger partial charge in [0.1, 0.15) is 5.75 Å². The van der Waals surface area contributed by atoms with Crippen molar-refractivity contribution in [2.24, 2.45) is 0 Å². The summed E-state index contributed by atoms with van der Waals surface area (Å²) in [6, 6.07) is 7.53.